The summed E-state index contributed by atoms with van der Waals surface area (Å²) in [5.41, 5.74) is 0.547. The highest BCUT2D eigenvalue weighted by atomic mass is 16.5. The number of rotatable bonds is 8. The topological polar surface area (TPSA) is 68.3 Å². The van der Waals surface area contributed by atoms with Gasteiger partial charge in [0.25, 0.3) is 5.91 Å². The van der Waals surface area contributed by atoms with Gasteiger partial charge in [0.1, 0.15) is 5.75 Å². The van der Waals surface area contributed by atoms with Crippen molar-refractivity contribution in [2.75, 3.05) is 47.0 Å². The molecule has 0 bridgehead atoms. The molecule has 1 heterocycles. The van der Waals surface area contributed by atoms with Crippen LogP contribution in [-0.4, -0.2) is 68.6 Å². The van der Waals surface area contributed by atoms with E-state index in [1.165, 1.54) is 0 Å². The molecule has 2 aromatic rings. The van der Waals surface area contributed by atoms with E-state index in [0.29, 0.717) is 62.7 Å². The average molecular weight is 412 g/mol. The van der Waals surface area contributed by atoms with Crippen LogP contribution in [0.2, 0.25) is 0 Å². The van der Waals surface area contributed by atoms with Gasteiger partial charge < -0.3 is 24.0 Å². The van der Waals surface area contributed by atoms with Gasteiger partial charge >= 0.3 is 0 Å². The Morgan fingerprint density at radius 1 is 0.867 bits per heavy atom. The number of hydrogen-bond acceptors (Lipinski definition) is 5. The number of methoxy groups -OCH3 is 2. The van der Waals surface area contributed by atoms with Crippen molar-refractivity contribution < 1.29 is 23.8 Å². The predicted octanol–water partition coefficient (Wildman–Crippen LogP) is 2.85. The third-order valence-corrected chi connectivity index (χ3v) is 5.10. The molecule has 0 N–H and O–H groups in total. The van der Waals surface area contributed by atoms with Gasteiger partial charge in [0.05, 0.1) is 20.8 Å². The molecule has 0 unspecified atom stereocenters. The van der Waals surface area contributed by atoms with Gasteiger partial charge in [-0.05, 0) is 36.8 Å². The fourth-order valence-corrected chi connectivity index (χ4v) is 3.40. The van der Waals surface area contributed by atoms with E-state index >= 15 is 0 Å². The first kappa shape index (κ1) is 21.5. The molecule has 1 fully saturated rings. The molecule has 0 atom stereocenters. The van der Waals surface area contributed by atoms with Gasteiger partial charge in [-0.25, -0.2) is 0 Å². The number of carbonyl (C=O) groups excluding carboxylic acids is 2. The molecule has 2 aromatic carbocycles. The molecule has 30 heavy (non-hydrogen) atoms. The van der Waals surface area contributed by atoms with Gasteiger partial charge in [0.15, 0.2) is 11.5 Å². The Labute approximate surface area is 177 Å². The second-order valence-corrected chi connectivity index (χ2v) is 7.01. The van der Waals surface area contributed by atoms with E-state index in [1.54, 1.807) is 37.3 Å². The molecule has 0 spiro atoms. The van der Waals surface area contributed by atoms with Crippen LogP contribution in [-0.2, 0) is 4.79 Å². The molecule has 7 nitrogen and oxygen atoms in total. The Morgan fingerprint density at radius 3 is 2.20 bits per heavy atom. The minimum absolute atomic E-state index is 0.0701. The Hall–Kier alpha value is -3.22. The zero-order chi connectivity index (χ0) is 21.3. The number of ether oxygens (including phenoxy) is 3. The maximum Gasteiger partial charge on any atom is 0.254 e. The summed E-state index contributed by atoms with van der Waals surface area (Å²) in [5, 5.41) is 0. The van der Waals surface area contributed by atoms with Crippen molar-refractivity contribution >= 4 is 11.8 Å². The minimum atomic E-state index is -0.0701. The highest BCUT2D eigenvalue weighted by Crippen LogP contribution is 2.28. The zero-order valence-electron chi connectivity index (χ0n) is 17.5. The molecule has 0 saturated carbocycles. The average Bonchev–Trinajstić information content (AvgIpc) is 2.81. The van der Waals surface area contributed by atoms with Crippen LogP contribution in [0.15, 0.2) is 48.5 Å². The standard InChI is InChI=1S/C23H28N2O5/c1-28-20-11-10-18(17-21(20)29-2)23(27)25-14-12-24(13-15-25)22(26)9-6-16-30-19-7-4-3-5-8-19/h3-5,7-8,10-11,17H,6,9,12-16H2,1-2H3. The molecule has 0 radical (unpaired) electrons. The molecule has 3 rings (SSSR count). The predicted molar refractivity (Wildman–Crippen MR) is 113 cm³/mol. The molecule has 1 aliphatic rings. The molecule has 1 aliphatic heterocycles. The lowest BCUT2D eigenvalue weighted by Crippen LogP contribution is -2.50. The normalized spacial score (nSPS) is 13.7. The lowest BCUT2D eigenvalue weighted by Gasteiger charge is -2.35. The monoisotopic (exact) mass is 412 g/mol. The van der Waals surface area contributed by atoms with Crippen molar-refractivity contribution in [2.45, 2.75) is 12.8 Å². The third-order valence-electron chi connectivity index (χ3n) is 5.10. The molecular formula is C23H28N2O5. The van der Waals surface area contributed by atoms with E-state index in [9.17, 15) is 9.59 Å². The SMILES string of the molecule is COc1ccc(C(=O)N2CCN(C(=O)CCCOc3ccccc3)CC2)cc1OC. The second kappa shape index (κ2) is 10.5. The van der Waals surface area contributed by atoms with Crippen LogP contribution in [0.5, 0.6) is 17.2 Å². The first-order valence-corrected chi connectivity index (χ1v) is 10.1. The van der Waals surface area contributed by atoms with Gasteiger partial charge in [0, 0.05) is 38.2 Å². The molecule has 2 amide bonds. The van der Waals surface area contributed by atoms with Crippen LogP contribution in [0.3, 0.4) is 0 Å². The Kier molecular flexibility index (Phi) is 7.54. The van der Waals surface area contributed by atoms with E-state index < -0.39 is 0 Å². The van der Waals surface area contributed by atoms with Crippen LogP contribution in [0.4, 0.5) is 0 Å². The maximum absolute atomic E-state index is 12.8. The molecule has 1 saturated heterocycles. The molecule has 160 valence electrons. The number of hydrogen-bond donors (Lipinski definition) is 0. The molecule has 7 heteroatoms. The summed E-state index contributed by atoms with van der Waals surface area (Å²) >= 11 is 0. The Balaban J connectivity index is 1.43. The van der Waals surface area contributed by atoms with E-state index in [-0.39, 0.29) is 11.8 Å². The Morgan fingerprint density at radius 2 is 1.53 bits per heavy atom. The number of nitrogens with zero attached hydrogens (tertiary/aromatic N) is 2. The van der Waals surface area contributed by atoms with Crippen LogP contribution < -0.4 is 14.2 Å². The number of amides is 2. The lowest BCUT2D eigenvalue weighted by molar-refractivity contribution is -0.132. The number of para-hydroxylation sites is 1. The van der Waals surface area contributed by atoms with Gasteiger partial charge in [-0.1, -0.05) is 18.2 Å². The summed E-state index contributed by atoms with van der Waals surface area (Å²) in [6.07, 6.45) is 1.11. The third kappa shape index (κ3) is 5.43. The maximum atomic E-state index is 12.8. The quantitative estimate of drug-likeness (QED) is 0.624. The Bertz CT molecular complexity index is 848. The number of carbonyl (C=O) groups is 2. The first-order valence-electron chi connectivity index (χ1n) is 10.1. The summed E-state index contributed by atoms with van der Waals surface area (Å²) in [6, 6.07) is 14.7. The van der Waals surface area contributed by atoms with E-state index in [2.05, 4.69) is 0 Å². The summed E-state index contributed by atoms with van der Waals surface area (Å²) in [5.74, 6) is 1.95. The smallest absolute Gasteiger partial charge is 0.254 e. The fourth-order valence-electron chi connectivity index (χ4n) is 3.40. The van der Waals surface area contributed by atoms with E-state index in [0.717, 1.165) is 5.75 Å². The lowest BCUT2D eigenvalue weighted by atomic mass is 10.1. The largest absolute Gasteiger partial charge is 0.494 e. The van der Waals surface area contributed by atoms with E-state index in [1.807, 2.05) is 35.2 Å². The van der Waals surface area contributed by atoms with Crippen LogP contribution in [0.25, 0.3) is 0 Å². The van der Waals surface area contributed by atoms with E-state index in [4.69, 9.17) is 14.2 Å². The van der Waals surface area contributed by atoms with Gasteiger partial charge in [0.2, 0.25) is 5.91 Å². The van der Waals surface area contributed by atoms with Crippen LogP contribution in [0, 0.1) is 0 Å². The van der Waals surface area contributed by atoms with Crippen LogP contribution >= 0.6 is 0 Å². The van der Waals surface area contributed by atoms with Crippen molar-refractivity contribution in [2.24, 2.45) is 0 Å². The summed E-state index contributed by atoms with van der Waals surface area (Å²) in [7, 11) is 3.10. The zero-order valence-corrected chi connectivity index (χ0v) is 17.5. The fraction of sp³-hybridized carbons (Fsp3) is 0.391. The summed E-state index contributed by atoms with van der Waals surface area (Å²) < 4.78 is 16.1. The first-order chi connectivity index (χ1) is 14.6. The molecular weight excluding hydrogens is 384 g/mol. The van der Waals surface area contributed by atoms with Crippen molar-refractivity contribution in [3.63, 3.8) is 0 Å². The van der Waals surface area contributed by atoms with Crippen molar-refractivity contribution in [3.8, 4) is 17.2 Å². The van der Waals surface area contributed by atoms with Gasteiger partial charge in [-0.3, -0.25) is 9.59 Å². The van der Waals surface area contributed by atoms with Crippen molar-refractivity contribution in [1.29, 1.82) is 0 Å². The molecule has 0 aromatic heterocycles. The van der Waals surface area contributed by atoms with Gasteiger partial charge in [-0.2, -0.15) is 0 Å². The van der Waals surface area contributed by atoms with Crippen molar-refractivity contribution in [1.82, 2.24) is 9.80 Å². The molecule has 0 aliphatic carbocycles. The summed E-state index contributed by atoms with van der Waals surface area (Å²) in [6.45, 7) is 2.61. The highest BCUT2D eigenvalue weighted by Gasteiger charge is 2.25. The number of piperazine rings is 1. The second-order valence-electron chi connectivity index (χ2n) is 7.01. The summed E-state index contributed by atoms with van der Waals surface area (Å²) in [4.78, 5) is 28.8. The number of benzene rings is 2. The van der Waals surface area contributed by atoms with Gasteiger partial charge in [-0.15, -0.1) is 0 Å². The minimum Gasteiger partial charge on any atom is -0.494 e. The highest BCUT2D eigenvalue weighted by molar-refractivity contribution is 5.95. The van der Waals surface area contributed by atoms with Crippen LogP contribution in [0.1, 0.15) is 23.2 Å². The van der Waals surface area contributed by atoms with Crippen molar-refractivity contribution in [3.05, 3.63) is 54.1 Å².